The topological polar surface area (TPSA) is 58.1 Å². The molecule has 1 saturated heterocycles. The molecule has 2 heterocycles. The molecule has 0 radical (unpaired) electrons. The van der Waals surface area contributed by atoms with Crippen LogP contribution in [-0.4, -0.2) is 35.0 Å². The summed E-state index contributed by atoms with van der Waals surface area (Å²) < 4.78 is 38.1. The molecular weight excluding hydrogens is 309 g/mol. The van der Waals surface area contributed by atoms with Gasteiger partial charge in [-0.3, -0.25) is 4.79 Å². The molecule has 3 rings (SSSR count). The van der Waals surface area contributed by atoms with E-state index in [-0.39, 0.29) is 23.7 Å². The molecule has 1 aliphatic heterocycles. The van der Waals surface area contributed by atoms with E-state index in [1.165, 1.54) is 0 Å². The van der Waals surface area contributed by atoms with Gasteiger partial charge >= 0.3 is 6.18 Å². The Morgan fingerprint density at radius 1 is 1.17 bits per heavy atom. The number of nitrogens with one attached hydrogen (secondary N) is 1. The summed E-state index contributed by atoms with van der Waals surface area (Å²) in [7, 11) is 0. The largest absolute Gasteiger partial charge is 0.433 e. The first-order valence-electron chi connectivity index (χ1n) is 7.88. The fraction of sp³-hybridized carbons (Fsp3) is 0.667. The van der Waals surface area contributed by atoms with Crippen molar-refractivity contribution in [1.29, 1.82) is 0 Å². The summed E-state index contributed by atoms with van der Waals surface area (Å²) in [6.45, 7) is 1.15. The molecule has 1 N–H and O–H groups in total. The highest BCUT2D eigenvalue weighted by molar-refractivity contribution is 5.79. The number of amides is 1. The Morgan fingerprint density at radius 3 is 2.43 bits per heavy atom. The Labute approximate surface area is 132 Å². The van der Waals surface area contributed by atoms with Crippen molar-refractivity contribution in [3.63, 3.8) is 0 Å². The molecule has 0 aromatic carbocycles. The summed E-state index contributed by atoms with van der Waals surface area (Å²) in [5.74, 6) is 0.566. The average Bonchev–Trinajstić information content (AvgIpc) is 2.45. The van der Waals surface area contributed by atoms with E-state index in [1.54, 1.807) is 0 Å². The lowest BCUT2D eigenvalue weighted by atomic mass is 9.84. The highest BCUT2D eigenvalue weighted by Crippen LogP contribution is 2.30. The fourth-order valence-electron chi connectivity index (χ4n) is 2.92. The predicted octanol–water partition coefficient (Wildman–Crippen LogP) is 2.38. The van der Waals surface area contributed by atoms with E-state index in [4.69, 9.17) is 0 Å². The fourth-order valence-corrected chi connectivity index (χ4v) is 2.92. The second kappa shape index (κ2) is 6.33. The second-order valence-corrected chi connectivity index (χ2v) is 6.16. The average molecular weight is 328 g/mol. The summed E-state index contributed by atoms with van der Waals surface area (Å²) in [5, 5.41) is 3.05. The minimum Gasteiger partial charge on any atom is -0.356 e. The van der Waals surface area contributed by atoms with Crippen LogP contribution in [-0.2, 0) is 11.0 Å². The number of carbonyl (C=O) groups is 1. The molecule has 1 amide bonds. The van der Waals surface area contributed by atoms with Gasteiger partial charge in [0.2, 0.25) is 5.91 Å². The molecule has 0 spiro atoms. The number of nitrogens with zero attached hydrogens (tertiary/aromatic N) is 3. The molecular formula is C15H19F3N4O. The summed E-state index contributed by atoms with van der Waals surface area (Å²) in [4.78, 5) is 21.0. The first-order chi connectivity index (χ1) is 10.9. The van der Waals surface area contributed by atoms with Crippen molar-refractivity contribution in [2.75, 3.05) is 18.0 Å². The van der Waals surface area contributed by atoms with Gasteiger partial charge in [-0.1, -0.05) is 6.42 Å². The Hall–Kier alpha value is -1.86. The van der Waals surface area contributed by atoms with E-state index in [0.717, 1.165) is 31.7 Å². The Morgan fingerprint density at radius 2 is 1.87 bits per heavy atom. The zero-order valence-corrected chi connectivity index (χ0v) is 12.6. The Balaban J connectivity index is 1.55. The molecule has 1 aliphatic carbocycles. The van der Waals surface area contributed by atoms with Gasteiger partial charge in [-0.25, -0.2) is 9.97 Å². The maximum atomic E-state index is 12.7. The lowest BCUT2D eigenvalue weighted by Crippen LogP contribution is -2.47. The molecule has 23 heavy (non-hydrogen) atoms. The van der Waals surface area contributed by atoms with Crippen molar-refractivity contribution in [3.05, 3.63) is 18.1 Å². The summed E-state index contributed by atoms with van der Waals surface area (Å²) in [6, 6.07) is 1.08. The summed E-state index contributed by atoms with van der Waals surface area (Å²) in [5.41, 5.74) is -0.928. The van der Waals surface area contributed by atoms with Crippen LogP contribution < -0.4 is 10.2 Å². The number of piperidine rings is 1. The maximum absolute atomic E-state index is 12.7. The molecule has 126 valence electrons. The van der Waals surface area contributed by atoms with Crippen molar-refractivity contribution in [2.45, 2.75) is 44.3 Å². The van der Waals surface area contributed by atoms with Crippen LogP contribution >= 0.6 is 0 Å². The maximum Gasteiger partial charge on any atom is 0.433 e. The number of rotatable bonds is 3. The van der Waals surface area contributed by atoms with Gasteiger partial charge in [0.1, 0.15) is 17.8 Å². The molecule has 0 atom stereocenters. The predicted molar refractivity (Wildman–Crippen MR) is 77.8 cm³/mol. The summed E-state index contributed by atoms with van der Waals surface area (Å²) in [6.07, 6.45) is 0.951. The van der Waals surface area contributed by atoms with Crippen LogP contribution in [0.15, 0.2) is 12.4 Å². The zero-order valence-electron chi connectivity index (χ0n) is 12.6. The van der Waals surface area contributed by atoms with Gasteiger partial charge in [0.05, 0.1) is 0 Å². The number of carbonyl (C=O) groups excluding carboxylic acids is 1. The minimum absolute atomic E-state index is 0.100. The molecule has 0 bridgehead atoms. The van der Waals surface area contributed by atoms with Crippen molar-refractivity contribution in [3.8, 4) is 0 Å². The first kappa shape index (κ1) is 16.0. The third kappa shape index (κ3) is 3.73. The SMILES string of the molecule is O=C(NC1CCN(c2cc(C(F)(F)F)ncn2)CC1)C1CCC1. The van der Waals surface area contributed by atoms with Crippen LogP contribution in [0.25, 0.3) is 0 Å². The molecule has 1 aromatic heterocycles. The van der Waals surface area contributed by atoms with Crippen LogP contribution in [0.3, 0.4) is 0 Å². The van der Waals surface area contributed by atoms with Gasteiger partial charge in [-0.2, -0.15) is 13.2 Å². The van der Waals surface area contributed by atoms with Crippen LogP contribution in [0.4, 0.5) is 19.0 Å². The molecule has 8 heteroatoms. The second-order valence-electron chi connectivity index (χ2n) is 6.16. The van der Waals surface area contributed by atoms with E-state index in [1.807, 2.05) is 4.90 Å². The highest BCUT2D eigenvalue weighted by atomic mass is 19.4. The molecule has 2 aliphatic rings. The minimum atomic E-state index is -4.47. The Bertz CT molecular complexity index is 566. The van der Waals surface area contributed by atoms with E-state index in [9.17, 15) is 18.0 Å². The highest BCUT2D eigenvalue weighted by Gasteiger charge is 2.34. The zero-order chi connectivity index (χ0) is 16.4. The summed E-state index contributed by atoms with van der Waals surface area (Å²) >= 11 is 0. The lowest BCUT2D eigenvalue weighted by molar-refractivity contribution is -0.141. The van der Waals surface area contributed by atoms with Crippen LogP contribution in [0.5, 0.6) is 0 Å². The quantitative estimate of drug-likeness (QED) is 0.925. The molecule has 1 saturated carbocycles. The standard InChI is InChI=1S/C15H19F3N4O/c16-15(17,18)12-8-13(20-9-19-12)22-6-4-11(5-7-22)21-14(23)10-2-1-3-10/h8-11H,1-7H2,(H,21,23). The van der Waals surface area contributed by atoms with Crippen molar-refractivity contribution in [1.82, 2.24) is 15.3 Å². The number of hydrogen-bond acceptors (Lipinski definition) is 4. The van der Waals surface area contributed by atoms with Gasteiger partial charge in [0.25, 0.3) is 0 Å². The van der Waals surface area contributed by atoms with Crippen LogP contribution in [0, 0.1) is 5.92 Å². The van der Waals surface area contributed by atoms with Gasteiger partial charge < -0.3 is 10.2 Å². The molecule has 0 unspecified atom stereocenters. The number of hydrogen-bond donors (Lipinski definition) is 1. The monoisotopic (exact) mass is 328 g/mol. The molecule has 1 aromatic rings. The van der Waals surface area contributed by atoms with Crippen LogP contribution in [0.1, 0.15) is 37.8 Å². The van der Waals surface area contributed by atoms with Crippen molar-refractivity contribution < 1.29 is 18.0 Å². The van der Waals surface area contributed by atoms with Crippen molar-refractivity contribution in [2.24, 2.45) is 5.92 Å². The van der Waals surface area contributed by atoms with Gasteiger partial charge in [0.15, 0.2) is 0 Å². The smallest absolute Gasteiger partial charge is 0.356 e. The van der Waals surface area contributed by atoms with E-state index in [0.29, 0.717) is 25.9 Å². The normalized spacial score (nSPS) is 20.2. The molecule has 5 nitrogen and oxygen atoms in total. The first-order valence-corrected chi connectivity index (χ1v) is 7.88. The Kier molecular flexibility index (Phi) is 4.41. The van der Waals surface area contributed by atoms with Crippen molar-refractivity contribution >= 4 is 11.7 Å². The number of aromatic nitrogens is 2. The number of alkyl halides is 3. The number of halogens is 3. The van der Waals surface area contributed by atoms with Gasteiger partial charge in [-0.15, -0.1) is 0 Å². The van der Waals surface area contributed by atoms with Crippen LogP contribution in [0.2, 0.25) is 0 Å². The van der Waals surface area contributed by atoms with E-state index >= 15 is 0 Å². The molecule has 2 fully saturated rings. The third-order valence-electron chi connectivity index (χ3n) is 4.58. The number of anilines is 1. The van der Waals surface area contributed by atoms with Gasteiger partial charge in [0, 0.05) is 31.1 Å². The van der Waals surface area contributed by atoms with E-state index in [2.05, 4.69) is 15.3 Å². The third-order valence-corrected chi connectivity index (χ3v) is 4.58. The lowest BCUT2D eigenvalue weighted by Gasteiger charge is -2.34. The van der Waals surface area contributed by atoms with Gasteiger partial charge in [-0.05, 0) is 25.7 Å². The van der Waals surface area contributed by atoms with E-state index < -0.39 is 11.9 Å².